The van der Waals surface area contributed by atoms with Crippen LogP contribution in [0.5, 0.6) is 0 Å². The molecule has 5 aliphatic rings. The fourth-order valence-electron chi connectivity index (χ4n) is 14.2. The van der Waals surface area contributed by atoms with E-state index >= 15 is 0 Å². The number of aromatic nitrogens is 4. The minimum atomic E-state index is -4.27. The van der Waals surface area contributed by atoms with Gasteiger partial charge in [-0.2, -0.15) is 0 Å². The Labute approximate surface area is 566 Å². The number of pyridine rings is 4. The first-order chi connectivity index (χ1) is 45.4. The number of benzene rings is 4. The molecule has 5 saturated heterocycles. The van der Waals surface area contributed by atoms with E-state index in [4.69, 9.17) is 0 Å². The summed E-state index contributed by atoms with van der Waals surface area (Å²) in [4.78, 5) is -0.711. The number of hydrogen-bond donors (Lipinski definition) is 4. The number of aryl methyl sites for hydroxylation is 8. The van der Waals surface area contributed by atoms with Crippen LogP contribution in [0.1, 0.15) is 120 Å². The predicted octanol–water partition coefficient (Wildman–Crippen LogP) is 6.51. The summed E-state index contributed by atoms with van der Waals surface area (Å²) in [6.45, 7) is 7.28. The summed E-state index contributed by atoms with van der Waals surface area (Å²) in [6, 6.07) is 45.8. The van der Waals surface area contributed by atoms with E-state index in [9.17, 15) is 51.9 Å². The van der Waals surface area contributed by atoms with Crippen LogP contribution in [0.3, 0.4) is 0 Å². The van der Waals surface area contributed by atoms with Crippen molar-refractivity contribution >= 4 is 40.5 Å². The molecule has 8 atom stereocenters. The Morgan fingerprint density at radius 3 is 0.521 bits per heavy atom. The smallest absolute Gasteiger partial charge is 0.168 e. The topological polar surface area (TPSA) is 292 Å². The zero-order chi connectivity index (χ0) is 69.3. The van der Waals surface area contributed by atoms with Crippen molar-refractivity contribution in [3.63, 3.8) is 0 Å². The van der Waals surface area contributed by atoms with Crippen molar-refractivity contribution in [3.8, 4) is 0 Å². The average Bonchev–Trinajstić information content (AvgIpc) is 1.61. The van der Waals surface area contributed by atoms with Crippen molar-refractivity contribution in [1.82, 2.24) is 21.3 Å². The first-order valence-corrected chi connectivity index (χ1v) is 38.0. The van der Waals surface area contributed by atoms with E-state index in [0.717, 1.165) is 22.3 Å². The van der Waals surface area contributed by atoms with Gasteiger partial charge in [-0.25, -0.2) is 51.9 Å². The molecule has 512 valence electrons. The molecule has 24 heteroatoms. The maximum atomic E-state index is 10.4. The standard InChI is InChI=1S/C44H60N8.4C7H8O3S/c1-49-21-13-29(14-22-49)41-33-5-7-35(45-33)42(30-15-23-50(2)24-16-30)37-9-11-39(47-37)44(32-19-27-52(4)28-20-32)40-12-10-38(48-40)43(36-8-6-34(41)46-36)31-17-25-51(3)26-18-31;4*1-6-2-4-7(5-3-6)11(8,9)10/h13-28,33-48H,5-12H2,1-4H3;4*2-5H,1H3,(H,8,9,10)/q+4;;;;/p-4. The Hall–Kier alpha value is -7.04. The summed E-state index contributed by atoms with van der Waals surface area (Å²) >= 11 is 0. The molecule has 5 fully saturated rings. The molecule has 20 nitrogen and oxygen atoms in total. The maximum Gasteiger partial charge on any atom is 0.168 e. The summed E-state index contributed by atoms with van der Waals surface area (Å²) in [5, 5.41) is 17.5. The van der Waals surface area contributed by atoms with Crippen LogP contribution in [-0.4, -0.2) is 100 Å². The Kier molecular flexibility index (Phi) is 24.1. The van der Waals surface area contributed by atoms with E-state index in [1.54, 1.807) is 48.5 Å². The van der Waals surface area contributed by atoms with Gasteiger partial charge in [0.05, 0.1) is 19.6 Å². The first kappa shape index (κ1) is 73.2. The molecule has 13 rings (SSSR count). The zero-order valence-electron chi connectivity index (χ0n) is 55.4. The van der Waals surface area contributed by atoms with E-state index in [1.807, 2.05) is 27.7 Å². The maximum absolute atomic E-state index is 10.4. The van der Waals surface area contributed by atoms with E-state index in [0.29, 0.717) is 72.0 Å². The normalized spacial score (nSPS) is 24.7. The lowest BCUT2D eigenvalue weighted by atomic mass is 9.83. The molecule has 5 aliphatic heterocycles. The van der Waals surface area contributed by atoms with Gasteiger partial charge in [0.2, 0.25) is 0 Å². The number of nitrogens with one attached hydrogen (secondary N) is 4. The Bertz CT molecular complexity index is 3730. The molecule has 9 heterocycles. The van der Waals surface area contributed by atoms with Gasteiger partial charge in [0.1, 0.15) is 68.7 Å². The third-order valence-electron chi connectivity index (χ3n) is 19.1. The molecular formula is C72H88N8O12S4. The summed E-state index contributed by atoms with van der Waals surface area (Å²) in [5.41, 5.74) is 9.60. The fourth-order valence-corrected chi connectivity index (χ4v) is 16.1. The molecule has 8 aromatic rings. The summed E-state index contributed by atoms with van der Waals surface area (Å²) in [7, 11) is -8.53. The summed E-state index contributed by atoms with van der Waals surface area (Å²) in [6.07, 6.45) is 27.7. The van der Waals surface area contributed by atoms with Crippen molar-refractivity contribution in [3.05, 3.63) is 240 Å². The van der Waals surface area contributed by atoms with Crippen molar-refractivity contribution in [1.29, 1.82) is 0 Å². The SMILES string of the molecule is C[n+]1ccc(C2C3CCC(N3)C(c3cc[n+](C)cc3)C3CCC(N3)C(c3cc[n+](C)cc3)C3CCC(N3)C(c3cc[n+](C)cc3)C3CCC2N3)cc1.Cc1ccc(S(=O)(=O)[O-])cc1.Cc1ccc(S(=O)(=O)[O-])cc1.Cc1ccc(S(=O)(=O)[O-])cc1.Cc1ccc(S(=O)(=O)[O-])cc1. The van der Waals surface area contributed by atoms with Gasteiger partial charge in [0, 0.05) is 121 Å². The van der Waals surface area contributed by atoms with Gasteiger partial charge >= 0.3 is 0 Å². The van der Waals surface area contributed by atoms with Gasteiger partial charge in [0.25, 0.3) is 0 Å². The molecule has 8 bridgehead atoms. The number of nitrogens with zero attached hydrogens (tertiary/aromatic N) is 4. The van der Waals surface area contributed by atoms with Crippen LogP contribution < -0.4 is 39.5 Å². The molecular weight excluding hydrogens is 1300 g/mol. The second kappa shape index (κ2) is 31.7. The molecule has 0 saturated carbocycles. The van der Waals surface area contributed by atoms with Crippen molar-refractivity contribution in [2.24, 2.45) is 28.2 Å². The molecule has 8 unspecified atom stereocenters. The molecule has 0 amide bonds. The van der Waals surface area contributed by atoms with E-state index in [-0.39, 0.29) is 19.6 Å². The van der Waals surface area contributed by atoms with Crippen molar-refractivity contribution < 1.29 is 70.2 Å². The van der Waals surface area contributed by atoms with Crippen LogP contribution in [0.4, 0.5) is 0 Å². The first-order valence-electron chi connectivity index (χ1n) is 32.3. The number of rotatable bonds is 8. The molecule has 0 radical (unpaired) electrons. The second-order valence-corrected chi connectivity index (χ2v) is 31.7. The quantitative estimate of drug-likeness (QED) is 0.0931. The third kappa shape index (κ3) is 19.6. The lowest BCUT2D eigenvalue weighted by molar-refractivity contribution is -0.671. The van der Waals surface area contributed by atoms with Crippen LogP contribution in [-0.2, 0) is 68.7 Å². The van der Waals surface area contributed by atoms with Gasteiger partial charge in [0.15, 0.2) is 49.6 Å². The van der Waals surface area contributed by atoms with Crippen molar-refractivity contribution in [2.75, 3.05) is 0 Å². The highest BCUT2D eigenvalue weighted by Gasteiger charge is 2.49. The molecule has 4 aromatic carbocycles. The van der Waals surface area contributed by atoms with Crippen LogP contribution in [0.15, 0.2) is 215 Å². The minimum absolute atomic E-state index is 0.178. The van der Waals surface area contributed by atoms with E-state index in [2.05, 4.69) is 166 Å². The van der Waals surface area contributed by atoms with E-state index in [1.165, 1.54) is 122 Å². The molecule has 0 spiro atoms. The van der Waals surface area contributed by atoms with Crippen LogP contribution in [0.2, 0.25) is 0 Å². The van der Waals surface area contributed by atoms with Gasteiger partial charge in [-0.05, 0) is 150 Å². The summed E-state index contributed by atoms with van der Waals surface area (Å²) in [5.74, 6) is 1.68. The minimum Gasteiger partial charge on any atom is -0.744 e. The molecule has 0 aliphatic carbocycles. The lowest BCUT2D eigenvalue weighted by Crippen LogP contribution is -2.52. The second-order valence-electron chi connectivity index (χ2n) is 26.2. The predicted molar refractivity (Wildman–Crippen MR) is 358 cm³/mol. The van der Waals surface area contributed by atoms with Crippen LogP contribution in [0.25, 0.3) is 0 Å². The molecule has 96 heavy (non-hydrogen) atoms. The van der Waals surface area contributed by atoms with Gasteiger partial charge in [-0.3, -0.25) is 0 Å². The summed E-state index contributed by atoms with van der Waals surface area (Å²) < 4.78 is 133. The number of hydrogen-bond acceptors (Lipinski definition) is 16. The molecule has 4 N–H and O–H groups in total. The average molecular weight is 1390 g/mol. The van der Waals surface area contributed by atoms with E-state index < -0.39 is 40.5 Å². The zero-order valence-corrected chi connectivity index (χ0v) is 58.6. The van der Waals surface area contributed by atoms with Crippen molar-refractivity contribution in [2.45, 2.75) is 171 Å². The van der Waals surface area contributed by atoms with Gasteiger partial charge in [-0.1, -0.05) is 70.8 Å². The van der Waals surface area contributed by atoms with Gasteiger partial charge < -0.3 is 39.5 Å². The fraction of sp³-hybridized carbons (Fsp3) is 0.389. The van der Waals surface area contributed by atoms with Crippen LogP contribution in [0, 0.1) is 27.7 Å². The Morgan fingerprint density at radius 1 is 0.260 bits per heavy atom. The Morgan fingerprint density at radius 2 is 0.396 bits per heavy atom. The highest BCUT2D eigenvalue weighted by molar-refractivity contribution is 7.86. The Balaban J connectivity index is 0.000000196. The van der Waals surface area contributed by atoms with Crippen LogP contribution >= 0.6 is 0 Å². The number of fused-ring (bicyclic) bond motifs is 8. The molecule has 4 aromatic heterocycles. The monoisotopic (exact) mass is 1380 g/mol. The largest absolute Gasteiger partial charge is 0.744 e. The highest BCUT2D eigenvalue weighted by Crippen LogP contribution is 2.46. The lowest BCUT2D eigenvalue weighted by Gasteiger charge is -2.37. The van der Waals surface area contributed by atoms with Gasteiger partial charge in [-0.15, -0.1) is 0 Å². The third-order valence-corrected chi connectivity index (χ3v) is 22.5. The highest BCUT2D eigenvalue weighted by atomic mass is 32.2.